The van der Waals surface area contributed by atoms with Gasteiger partial charge in [-0.3, -0.25) is 4.79 Å². The predicted molar refractivity (Wildman–Crippen MR) is 99.8 cm³/mol. The Labute approximate surface area is 172 Å². The lowest BCUT2D eigenvalue weighted by atomic mass is 9.99. The van der Waals surface area contributed by atoms with E-state index < -0.39 is 61.3 Å². The minimum absolute atomic E-state index is 0.0209. The number of ether oxygens (including phenoxy) is 4. The predicted octanol–water partition coefficient (Wildman–Crippen LogP) is -0.666. The number of carbonyl (C=O) groups excluding carboxylic acids is 2. The third-order valence-electron chi connectivity index (χ3n) is 4.99. The highest BCUT2D eigenvalue weighted by atomic mass is 16.7. The smallest absolute Gasteiger partial charge is 0.330 e. The molecule has 2 aliphatic rings. The Balaban J connectivity index is 1.55. The van der Waals surface area contributed by atoms with Crippen LogP contribution < -0.4 is 0 Å². The van der Waals surface area contributed by atoms with Crippen molar-refractivity contribution in [1.82, 2.24) is 0 Å². The molecule has 2 fully saturated rings. The van der Waals surface area contributed by atoms with Gasteiger partial charge in [0.1, 0.15) is 49.5 Å². The number of carbonyl (C=O) groups is 2. The maximum absolute atomic E-state index is 11.9. The van der Waals surface area contributed by atoms with E-state index in [0.29, 0.717) is 5.56 Å². The second kappa shape index (κ2) is 9.54. The summed E-state index contributed by atoms with van der Waals surface area (Å²) in [5, 5.41) is 39.6. The molecule has 10 heteroatoms. The fourth-order valence-electron chi connectivity index (χ4n) is 3.05. The number of aliphatic hydroxyl groups is 3. The first kappa shape index (κ1) is 22.2. The van der Waals surface area contributed by atoms with Crippen molar-refractivity contribution < 1.29 is 49.0 Å². The molecule has 0 unspecified atom stereocenters. The van der Waals surface area contributed by atoms with Gasteiger partial charge in [-0.15, -0.1) is 0 Å². The Morgan fingerprint density at radius 2 is 1.87 bits per heavy atom. The number of esters is 2. The lowest BCUT2D eigenvalue weighted by Crippen LogP contribution is -2.60. The third-order valence-corrected chi connectivity index (χ3v) is 4.99. The first-order valence-corrected chi connectivity index (χ1v) is 9.42. The van der Waals surface area contributed by atoms with Crippen molar-refractivity contribution in [2.45, 2.75) is 43.7 Å². The molecule has 7 atom stereocenters. The van der Waals surface area contributed by atoms with E-state index in [1.165, 1.54) is 18.2 Å². The monoisotopic (exact) mass is 424 g/mol. The molecule has 1 aromatic rings. The number of cyclic esters (lactones) is 1. The number of benzene rings is 1. The highest BCUT2D eigenvalue weighted by Crippen LogP contribution is 2.27. The number of phenolic OH excluding ortho intramolecular Hbond substituents is 1. The molecule has 0 aliphatic carbocycles. The van der Waals surface area contributed by atoms with Crippen LogP contribution in [0.25, 0.3) is 6.08 Å². The van der Waals surface area contributed by atoms with Crippen LogP contribution in [-0.2, 0) is 28.5 Å². The van der Waals surface area contributed by atoms with Crippen LogP contribution in [0.4, 0.5) is 0 Å². The molecule has 3 rings (SSSR count). The van der Waals surface area contributed by atoms with Crippen molar-refractivity contribution in [3.63, 3.8) is 0 Å². The topological polar surface area (TPSA) is 152 Å². The van der Waals surface area contributed by atoms with Crippen molar-refractivity contribution in [1.29, 1.82) is 0 Å². The molecule has 0 saturated carbocycles. The largest absolute Gasteiger partial charge is 0.508 e. The number of aromatic hydroxyl groups is 1. The van der Waals surface area contributed by atoms with Crippen LogP contribution in [0.2, 0.25) is 0 Å². The van der Waals surface area contributed by atoms with Crippen molar-refractivity contribution in [2.24, 2.45) is 5.92 Å². The zero-order valence-corrected chi connectivity index (χ0v) is 16.2. The molecule has 0 amide bonds. The minimum Gasteiger partial charge on any atom is -0.508 e. The summed E-state index contributed by atoms with van der Waals surface area (Å²) in [6.45, 7) is 1.17. The van der Waals surface area contributed by atoms with E-state index in [0.717, 1.165) is 6.08 Å². The zero-order chi connectivity index (χ0) is 21.8. The van der Waals surface area contributed by atoms with Gasteiger partial charge in [-0.2, -0.15) is 0 Å². The van der Waals surface area contributed by atoms with E-state index >= 15 is 0 Å². The fourth-order valence-corrected chi connectivity index (χ4v) is 3.05. The molecule has 2 aliphatic heterocycles. The van der Waals surface area contributed by atoms with Gasteiger partial charge in [0.15, 0.2) is 6.29 Å². The molecule has 1 aromatic carbocycles. The van der Waals surface area contributed by atoms with Gasteiger partial charge in [-0.25, -0.2) is 4.79 Å². The van der Waals surface area contributed by atoms with Gasteiger partial charge in [0.2, 0.25) is 0 Å². The highest BCUT2D eigenvalue weighted by Gasteiger charge is 2.47. The van der Waals surface area contributed by atoms with Crippen LogP contribution >= 0.6 is 0 Å². The fraction of sp³-hybridized carbons (Fsp3) is 0.500. The summed E-state index contributed by atoms with van der Waals surface area (Å²) >= 11 is 0. The Kier molecular flexibility index (Phi) is 7.06. The van der Waals surface area contributed by atoms with Gasteiger partial charge in [-0.1, -0.05) is 12.1 Å². The molecule has 10 nitrogen and oxygen atoms in total. The van der Waals surface area contributed by atoms with Gasteiger partial charge in [0.05, 0.1) is 5.92 Å². The summed E-state index contributed by atoms with van der Waals surface area (Å²) in [5.41, 5.74) is 0.660. The van der Waals surface area contributed by atoms with Crippen molar-refractivity contribution >= 4 is 18.0 Å². The molecule has 30 heavy (non-hydrogen) atoms. The Morgan fingerprint density at radius 3 is 2.50 bits per heavy atom. The van der Waals surface area contributed by atoms with E-state index in [1.54, 1.807) is 19.1 Å². The van der Waals surface area contributed by atoms with Gasteiger partial charge in [-0.05, 0) is 30.7 Å². The number of hydrogen-bond donors (Lipinski definition) is 4. The number of aliphatic hydroxyl groups excluding tert-OH is 3. The lowest BCUT2D eigenvalue weighted by Gasteiger charge is -2.40. The van der Waals surface area contributed by atoms with Crippen molar-refractivity contribution in [3.05, 3.63) is 35.9 Å². The number of hydrogen-bond acceptors (Lipinski definition) is 10. The quantitative estimate of drug-likeness (QED) is 0.342. The Morgan fingerprint density at radius 1 is 1.17 bits per heavy atom. The molecule has 2 saturated heterocycles. The number of phenols is 1. The summed E-state index contributed by atoms with van der Waals surface area (Å²) in [6.07, 6.45) is -5.25. The van der Waals surface area contributed by atoms with Gasteiger partial charge >= 0.3 is 11.9 Å². The van der Waals surface area contributed by atoms with E-state index in [9.17, 15) is 30.0 Å². The number of rotatable bonds is 6. The van der Waals surface area contributed by atoms with E-state index in [1.807, 2.05) is 0 Å². The molecule has 0 radical (unpaired) electrons. The summed E-state index contributed by atoms with van der Waals surface area (Å²) in [5.74, 6) is -1.65. The summed E-state index contributed by atoms with van der Waals surface area (Å²) in [6, 6.07) is 6.14. The average molecular weight is 424 g/mol. The first-order valence-electron chi connectivity index (χ1n) is 9.42. The molecule has 2 heterocycles. The van der Waals surface area contributed by atoms with Gasteiger partial charge < -0.3 is 39.4 Å². The molecule has 164 valence electrons. The maximum Gasteiger partial charge on any atom is 0.330 e. The second-order valence-corrected chi connectivity index (χ2v) is 7.16. The molecule has 0 bridgehead atoms. The van der Waals surface area contributed by atoms with Crippen LogP contribution in [0.1, 0.15) is 12.5 Å². The first-order chi connectivity index (χ1) is 14.3. The molecular weight excluding hydrogens is 400 g/mol. The van der Waals surface area contributed by atoms with Gasteiger partial charge in [0.25, 0.3) is 0 Å². The van der Waals surface area contributed by atoms with Gasteiger partial charge in [0, 0.05) is 6.08 Å². The maximum atomic E-state index is 11.9. The summed E-state index contributed by atoms with van der Waals surface area (Å²) in [4.78, 5) is 23.4. The normalized spacial score (nSPS) is 34.1. The SMILES string of the molecule is C[C@H]1C(=O)OC[C@H]1O[C@H]1O[C@H](COC(=O)C=Cc2ccc(O)cc2)[C@@H](O)[C@H](O)[C@H]1O. The molecule has 0 spiro atoms. The standard InChI is InChI=1S/C20H24O10/c1-10-13(8-28-19(10)26)29-20-18(25)17(24)16(23)14(30-20)9-27-15(22)7-4-11-2-5-12(21)6-3-11/h2-7,10,13-14,16-18,20-21,23-25H,8-9H2,1H3/t10-,13-,14-,16-,17+,18-,20+/m1/s1. The van der Waals surface area contributed by atoms with Crippen LogP contribution in [0, 0.1) is 5.92 Å². The molecule has 4 N–H and O–H groups in total. The molecule has 0 aromatic heterocycles. The lowest BCUT2D eigenvalue weighted by molar-refractivity contribution is -0.313. The zero-order valence-electron chi connectivity index (χ0n) is 16.2. The van der Waals surface area contributed by atoms with Crippen molar-refractivity contribution in [3.8, 4) is 5.75 Å². The Hall–Kier alpha value is -2.50. The van der Waals surface area contributed by atoms with Crippen LogP contribution in [-0.4, -0.2) is 82.4 Å². The van der Waals surface area contributed by atoms with Crippen LogP contribution in [0.3, 0.4) is 0 Å². The highest BCUT2D eigenvalue weighted by molar-refractivity contribution is 5.87. The van der Waals surface area contributed by atoms with E-state index in [-0.39, 0.29) is 12.4 Å². The third kappa shape index (κ3) is 5.15. The van der Waals surface area contributed by atoms with Crippen LogP contribution in [0.5, 0.6) is 5.75 Å². The minimum atomic E-state index is -1.60. The van der Waals surface area contributed by atoms with E-state index in [2.05, 4.69) is 0 Å². The average Bonchev–Trinajstić information content (AvgIpc) is 3.05. The van der Waals surface area contributed by atoms with Crippen molar-refractivity contribution in [2.75, 3.05) is 13.2 Å². The second-order valence-electron chi connectivity index (χ2n) is 7.16. The Bertz CT molecular complexity index is 776. The summed E-state index contributed by atoms with van der Waals surface area (Å²) in [7, 11) is 0. The molecular formula is C20H24O10. The summed E-state index contributed by atoms with van der Waals surface area (Å²) < 4.78 is 21.0. The van der Waals surface area contributed by atoms with E-state index in [4.69, 9.17) is 18.9 Å². The van der Waals surface area contributed by atoms with Crippen LogP contribution in [0.15, 0.2) is 30.3 Å².